The number of nitrogens with zero attached hydrogens (tertiary/aromatic N) is 2. The molecule has 0 spiro atoms. The number of carbonyl (C=O) groups excluding carboxylic acids is 1. The summed E-state index contributed by atoms with van der Waals surface area (Å²) in [4.78, 5) is 18.5. The van der Waals surface area contributed by atoms with Crippen LogP contribution in [0.3, 0.4) is 0 Å². The quantitative estimate of drug-likeness (QED) is 0.346. The standard InChI is InChI=1S/C25H31IN4O2/c1-25(2)9-8-18-21(13-25)28-29-23(18)20-11-15-6-7-17(12-19(15)27-20)30(3)24(31)22(26)16-5-4-10-32-14-16/h6-7,11-12,16,22,27H,4-5,8-10,13-14H2,1-3H3,(H,28,29). The van der Waals surface area contributed by atoms with E-state index in [-0.39, 0.29) is 15.7 Å². The van der Waals surface area contributed by atoms with Crippen molar-refractivity contribution in [1.29, 1.82) is 0 Å². The van der Waals surface area contributed by atoms with Gasteiger partial charge in [0.25, 0.3) is 0 Å². The molecule has 1 aliphatic heterocycles. The van der Waals surface area contributed by atoms with Crippen LogP contribution in [0.25, 0.3) is 22.3 Å². The Morgan fingerprint density at radius 1 is 1.34 bits per heavy atom. The Morgan fingerprint density at radius 3 is 2.97 bits per heavy atom. The van der Waals surface area contributed by atoms with Gasteiger partial charge in [0.05, 0.1) is 16.2 Å². The topological polar surface area (TPSA) is 74.0 Å². The molecule has 5 rings (SSSR count). The Morgan fingerprint density at radius 2 is 2.19 bits per heavy atom. The van der Waals surface area contributed by atoms with E-state index in [1.54, 1.807) is 4.90 Å². The van der Waals surface area contributed by atoms with Crippen LogP contribution in [-0.2, 0) is 22.4 Å². The predicted molar refractivity (Wildman–Crippen MR) is 136 cm³/mol. The van der Waals surface area contributed by atoms with Gasteiger partial charge in [0.15, 0.2) is 0 Å². The zero-order valence-corrected chi connectivity index (χ0v) is 21.2. The van der Waals surface area contributed by atoms with Crippen LogP contribution in [0.5, 0.6) is 0 Å². The number of alkyl halides is 1. The van der Waals surface area contributed by atoms with Gasteiger partial charge in [-0.15, -0.1) is 0 Å². The molecule has 32 heavy (non-hydrogen) atoms. The minimum atomic E-state index is -0.0763. The summed E-state index contributed by atoms with van der Waals surface area (Å²) < 4.78 is 5.52. The van der Waals surface area contributed by atoms with E-state index in [9.17, 15) is 4.79 Å². The van der Waals surface area contributed by atoms with Crippen molar-refractivity contribution in [2.24, 2.45) is 11.3 Å². The fourth-order valence-electron chi connectivity index (χ4n) is 5.03. The van der Waals surface area contributed by atoms with Crippen molar-refractivity contribution >= 4 is 45.1 Å². The Hall–Kier alpha value is -1.87. The van der Waals surface area contributed by atoms with E-state index in [4.69, 9.17) is 4.74 Å². The van der Waals surface area contributed by atoms with Crippen LogP contribution in [0.15, 0.2) is 24.3 Å². The molecule has 6 nitrogen and oxygen atoms in total. The second-order valence-electron chi connectivity index (χ2n) is 10.1. The average molecular weight is 546 g/mol. The van der Waals surface area contributed by atoms with E-state index >= 15 is 0 Å². The van der Waals surface area contributed by atoms with Gasteiger partial charge in [-0.3, -0.25) is 9.89 Å². The Balaban J connectivity index is 1.39. The second-order valence-corrected chi connectivity index (χ2v) is 11.4. The Labute approximate surface area is 202 Å². The zero-order chi connectivity index (χ0) is 22.5. The summed E-state index contributed by atoms with van der Waals surface area (Å²) in [5.74, 6) is 0.423. The molecule has 1 aliphatic carbocycles. The van der Waals surface area contributed by atoms with E-state index < -0.39 is 0 Å². The fraction of sp³-hybridized carbons (Fsp3) is 0.520. The van der Waals surface area contributed by atoms with E-state index in [2.05, 4.69) is 69.8 Å². The number of aromatic amines is 2. The molecule has 3 aromatic rings. The third-order valence-electron chi connectivity index (χ3n) is 7.08. The van der Waals surface area contributed by atoms with E-state index in [0.29, 0.717) is 12.0 Å². The third-order valence-corrected chi connectivity index (χ3v) is 8.63. The lowest BCUT2D eigenvalue weighted by molar-refractivity contribution is -0.119. The van der Waals surface area contributed by atoms with Gasteiger partial charge in [0.2, 0.25) is 5.91 Å². The first-order chi connectivity index (χ1) is 15.3. The summed E-state index contributed by atoms with van der Waals surface area (Å²) in [6.45, 7) is 6.13. The van der Waals surface area contributed by atoms with Crippen LogP contribution in [-0.4, -0.2) is 45.3 Å². The van der Waals surface area contributed by atoms with Crippen LogP contribution in [0, 0.1) is 11.3 Å². The number of amides is 1. The number of ether oxygens (including phenoxy) is 1. The number of aromatic nitrogens is 3. The van der Waals surface area contributed by atoms with Gasteiger partial charge in [0.1, 0.15) is 5.69 Å². The second kappa shape index (κ2) is 8.48. The molecule has 3 heterocycles. The first-order valence-electron chi connectivity index (χ1n) is 11.5. The van der Waals surface area contributed by atoms with Crippen molar-refractivity contribution in [3.05, 3.63) is 35.5 Å². The lowest BCUT2D eigenvalue weighted by Crippen LogP contribution is -2.39. The maximum Gasteiger partial charge on any atom is 0.240 e. The zero-order valence-electron chi connectivity index (χ0n) is 19.0. The lowest BCUT2D eigenvalue weighted by Gasteiger charge is -2.29. The Bertz CT molecular complexity index is 1140. The minimum Gasteiger partial charge on any atom is -0.381 e. The van der Waals surface area contributed by atoms with Crippen LogP contribution < -0.4 is 4.90 Å². The number of halogens is 1. The van der Waals surface area contributed by atoms with Gasteiger partial charge in [-0.05, 0) is 55.7 Å². The number of fused-ring (bicyclic) bond motifs is 2. The summed E-state index contributed by atoms with van der Waals surface area (Å²) in [6, 6.07) is 8.35. The van der Waals surface area contributed by atoms with Gasteiger partial charge in [-0.2, -0.15) is 5.10 Å². The maximum atomic E-state index is 13.1. The highest BCUT2D eigenvalue weighted by molar-refractivity contribution is 14.1. The van der Waals surface area contributed by atoms with Crippen LogP contribution >= 0.6 is 22.6 Å². The molecule has 2 atom stereocenters. The highest BCUT2D eigenvalue weighted by Gasteiger charge is 2.31. The monoisotopic (exact) mass is 546 g/mol. The molecule has 0 radical (unpaired) electrons. The summed E-state index contributed by atoms with van der Waals surface area (Å²) in [7, 11) is 1.87. The van der Waals surface area contributed by atoms with Crippen molar-refractivity contribution in [1.82, 2.24) is 15.2 Å². The lowest BCUT2D eigenvalue weighted by atomic mass is 9.76. The number of H-pyrrole nitrogens is 2. The molecule has 1 amide bonds. The van der Waals surface area contributed by atoms with Crippen molar-refractivity contribution in [2.45, 2.75) is 49.9 Å². The predicted octanol–water partition coefficient (Wildman–Crippen LogP) is 5.27. The van der Waals surface area contributed by atoms with Crippen molar-refractivity contribution in [3.8, 4) is 11.4 Å². The molecule has 1 fully saturated rings. The van der Waals surface area contributed by atoms with Gasteiger partial charge in [0, 0.05) is 47.4 Å². The van der Waals surface area contributed by atoms with E-state index in [0.717, 1.165) is 60.3 Å². The molecule has 1 saturated heterocycles. The van der Waals surface area contributed by atoms with E-state index in [1.807, 2.05) is 13.1 Å². The van der Waals surface area contributed by atoms with Crippen LogP contribution in [0.2, 0.25) is 0 Å². The highest BCUT2D eigenvalue weighted by Crippen LogP contribution is 2.38. The minimum absolute atomic E-state index is 0.0763. The number of rotatable bonds is 4. The van der Waals surface area contributed by atoms with Crippen LogP contribution in [0.4, 0.5) is 5.69 Å². The normalized spacial score (nSPS) is 21.3. The molecule has 2 unspecified atom stereocenters. The smallest absolute Gasteiger partial charge is 0.240 e. The van der Waals surface area contributed by atoms with Crippen molar-refractivity contribution in [2.75, 3.05) is 25.2 Å². The average Bonchev–Trinajstić information content (AvgIpc) is 3.40. The number of nitrogens with one attached hydrogen (secondary N) is 2. The third kappa shape index (κ3) is 4.09. The molecule has 2 aliphatic rings. The first-order valence-corrected chi connectivity index (χ1v) is 12.8. The molecular weight excluding hydrogens is 515 g/mol. The summed E-state index contributed by atoms with van der Waals surface area (Å²) in [6.07, 6.45) is 5.35. The molecule has 170 valence electrons. The maximum absolute atomic E-state index is 13.1. The molecule has 7 heteroatoms. The van der Waals surface area contributed by atoms with Crippen molar-refractivity contribution < 1.29 is 9.53 Å². The van der Waals surface area contributed by atoms with Gasteiger partial charge >= 0.3 is 0 Å². The largest absolute Gasteiger partial charge is 0.381 e. The number of hydrogen-bond donors (Lipinski definition) is 2. The number of anilines is 1. The van der Waals surface area contributed by atoms with E-state index in [1.165, 1.54) is 17.7 Å². The number of benzene rings is 1. The molecule has 2 aromatic heterocycles. The van der Waals surface area contributed by atoms with Gasteiger partial charge < -0.3 is 14.6 Å². The van der Waals surface area contributed by atoms with Crippen LogP contribution in [0.1, 0.15) is 44.4 Å². The number of hydrogen-bond acceptors (Lipinski definition) is 3. The fourth-order valence-corrected chi connectivity index (χ4v) is 6.02. The van der Waals surface area contributed by atoms with Crippen molar-refractivity contribution in [3.63, 3.8) is 0 Å². The molecule has 0 bridgehead atoms. The number of carbonyl (C=O) groups is 1. The summed E-state index contributed by atoms with van der Waals surface area (Å²) >= 11 is 2.29. The molecule has 0 saturated carbocycles. The van der Waals surface area contributed by atoms with Gasteiger partial charge in [-0.1, -0.05) is 42.5 Å². The summed E-state index contributed by atoms with van der Waals surface area (Å²) in [5.41, 5.74) is 6.92. The Kier molecular flexibility index (Phi) is 5.82. The molecular formula is C25H31IN4O2. The first kappa shape index (κ1) is 21.9. The molecule has 2 N–H and O–H groups in total. The molecule has 1 aromatic carbocycles. The SMILES string of the molecule is CN(C(=O)C(I)C1CCCOC1)c1ccc2cc(-c3n[nH]c4c3CCC(C)(C)C4)[nH]c2c1. The summed E-state index contributed by atoms with van der Waals surface area (Å²) in [5, 5.41) is 9.06. The highest BCUT2D eigenvalue weighted by atomic mass is 127. The van der Waals surface area contributed by atoms with Gasteiger partial charge in [-0.25, -0.2) is 0 Å².